The molecule has 31 heavy (non-hydrogen) atoms. The summed E-state index contributed by atoms with van der Waals surface area (Å²) in [7, 11) is 1.63. The summed E-state index contributed by atoms with van der Waals surface area (Å²) in [4.78, 5) is 27.4. The van der Waals surface area contributed by atoms with Gasteiger partial charge >= 0.3 is 0 Å². The van der Waals surface area contributed by atoms with Crippen LogP contribution in [0.5, 0.6) is 5.75 Å². The topological polar surface area (TPSA) is 102 Å². The molecule has 9 heteroatoms. The first-order chi connectivity index (χ1) is 15.1. The molecule has 1 aliphatic rings. The van der Waals surface area contributed by atoms with E-state index in [9.17, 15) is 9.59 Å². The maximum absolute atomic E-state index is 13.1. The number of tetrazole rings is 1. The van der Waals surface area contributed by atoms with Gasteiger partial charge in [0.2, 0.25) is 11.8 Å². The fourth-order valence-electron chi connectivity index (χ4n) is 3.79. The van der Waals surface area contributed by atoms with Gasteiger partial charge in [-0.3, -0.25) is 9.59 Å². The van der Waals surface area contributed by atoms with Crippen LogP contribution in [-0.2, 0) is 16.1 Å². The molecule has 2 amide bonds. The van der Waals surface area contributed by atoms with Crippen LogP contribution in [0.1, 0.15) is 19.3 Å². The molecule has 0 bridgehead atoms. The number of aromatic nitrogens is 4. The number of benzene rings is 2. The first-order valence-electron chi connectivity index (χ1n) is 10.2. The molecule has 1 fully saturated rings. The molecule has 0 spiro atoms. The predicted octanol–water partition coefficient (Wildman–Crippen LogP) is 2.37. The van der Waals surface area contributed by atoms with Gasteiger partial charge in [-0.05, 0) is 65.1 Å². The van der Waals surface area contributed by atoms with Crippen molar-refractivity contribution in [1.82, 2.24) is 25.1 Å². The highest BCUT2D eigenvalue weighted by atomic mass is 16.5. The average Bonchev–Trinajstić information content (AvgIpc) is 3.32. The van der Waals surface area contributed by atoms with Crippen molar-refractivity contribution in [2.45, 2.75) is 31.8 Å². The molecule has 3 aromatic rings. The minimum Gasteiger partial charge on any atom is -0.497 e. The standard InChI is InChI=1S/C22H24N6O3/c1-31-19-9-5-7-17(13-19)16-6-4-8-18(12-16)24-22(30)20-10-2-3-11-28(20)21(29)14-27-15-23-25-26-27/h4-9,12-13,15,20H,2-3,10-11,14H2,1H3,(H,24,30)/t20-/m0/s1. The molecule has 0 unspecified atom stereocenters. The summed E-state index contributed by atoms with van der Waals surface area (Å²) in [6, 6.07) is 14.9. The van der Waals surface area contributed by atoms with Crippen LogP contribution >= 0.6 is 0 Å². The fourth-order valence-corrected chi connectivity index (χ4v) is 3.79. The zero-order valence-electron chi connectivity index (χ0n) is 17.3. The second-order valence-corrected chi connectivity index (χ2v) is 7.41. The van der Waals surface area contributed by atoms with E-state index in [1.165, 1.54) is 11.0 Å². The molecule has 1 atom stereocenters. The van der Waals surface area contributed by atoms with Gasteiger partial charge in [0.15, 0.2) is 0 Å². The molecule has 1 N–H and O–H groups in total. The number of carbonyl (C=O) groups is 2. The Balaban J connectivity index is 1.48. The second-order valence-electron chi connectivity index (χ2n) is 7.41. The lowest BCUT2D eigenvalue weighted by molar-refractivity contribution is -0.141. The molecular formula is C22H24N6O3. The molecular weight excluding hydrogens is 396 g/mol. The summed E-state index contributed by atoms with van der Waals surface area (Å²) in [6.07, 6.45) is 3.79. The van der Waals surface area contributed by atoms with E-state index in [1.54, 1.807) is 12.0 Å². The van der Waals surface area contributed by atoms with Crippen molar-refractivity contribution in [2.75, 3.05) is 19.0 Å². The summed E-state index contributed by atoms with van der Waals surface area (Å²) in [5, 5.41) is 13.8. The largest absolute Gasteiger partial charge is 0.497 e. The Morgan fingerprint density at radius 1 is 1.13 bits per heavy atom. The van der Waals surface area contributed by atoms with Crippen molar-refractivity contribution in [2.24, 2.45) is 0 Å². The van der Waals surface area contributed by atoms with E-state index in [1.807, 2.05) is 48.5 Å². The Morgan fingerprint density at radius 3 is 2.71 bits per heavy atom. The maximum atomic E-state index is 13.1. The third-order valence-electron chi connectivity index (χ3n) is 5.35. The van der Waals surface area contributed by atoms with E-state index in [2.05, 4.69) is 20.8 Å². The molecule has 4 rings (SSSR count). The average molecular weight is 420 g/mol. The van der Waals surface area contributed by atoms with Gasteiger partial charge in [0.1, 0.15) is 24.7 Å². The van der Waals surface area contributed by atoms with Crippen LogP contribution < -0.4 is 10.1 Å². The van der Waals surface area contributed by atoms with Crippen molar-refractivity contribution in [1.29, 1.82) is 0 Å². The minimum absolute atomic E-state index is 0.0160. The van der Waals surface area contributed by atoms with Crippen molar-refractivity contribution >= 4 is 17.5 Å². The molecule has 1 aromatic heterocycles. The summed E-state index contributed by atoms with van der Waals surface area (Å²) in [5.41, 5.74) is 2.64. The van der Waals surface area contributed by atoms with Gasteiger partial charge in [-0.2, -0.15) is 0 Å². The number of nitrogens with one attached hydrogen (secondary N) is 1. The van der Waals surface area contributed by atoms with Gasteiger partial charge in [-0.1, -0.05) is 24.3 Å². The monoisotopic (exact) mass is 420 g/mol. The van der Waals surface area contributed by atoms with Crippen LogP contribution in [0.15, 0.2) is 54.9 Å². The molecule has 0 aliphatic carbocycles. The third kappa shape index (κ3) is 4.88. The maximum Gasteiger partial charge on any atom is 0.247 e. The third-order valence-corrected chi connectivity index (χ3v) is 5.35. The van der Waals surface area contributed by atoms with Crippen molar-refractivity contribution < 1.29 is 14.3 Å². The number of rotatable bonds is 6. The van der Waals surface area contributed by atoms with Crippen molar-refractivity contribution in [3.05, 3.63) is 54.9 Å². The lowest BCUT2D eigenvalue weighted by atomic mass is 10.0. The molecule has 0 radical (unpaired) electrons. The second kappa shape index (κ2) is 9.38. The molecule has 9 nitrogen and oxygen atoms in total. The number of hydrogen-bond donors (Lipinski definition) is 1. The highest BCUT2D eigenvalue weighted by Gasteiger charge is 2.32. The Bertz CT molecular complexity index is 1050. The number of nitrogens with zero attached hydrogens (tertiary/aromatic N) is 5. The number of amides is 2. The molecule has 2 heterocycles. The number of methoxy groups -OCH3 is 1. The zero-order valence-corrected chi connectivity index (χ0v) is 17.3. The van der Waals surface area contributed by atoms with Crippen LogP contribution in [0.4, 0.5) is 5.69 Å². The summed E-state index contributed by atoms with van der Waals surface area (Å²) in [6.45, 7) is 0.561. The van der Waals surface area contributed by atoms with E-state index < -0.39 is 6.04 Å². The highest BCUT2D eigenvalue weighted by molar-refractivity contribution is 5.97. The van der Waals surface area contributed by atoms with E-state index in [0.29, 0.717) is 18.7 Å². The molecule has 2 aromatic carbocycles. The van der Waals surface area contributed by atoms with Crippen molar-refractivity contribution in [3.63, 3.8) is 0 Å². The molecule has 1 aliphatic heterocycles. The van der Waals surface area contributed by atoms with Crippen LogP contribution in [0, 0.1) is 0 Å². The van der Waals surface area contributed by atoms with Gasteiger partial charge in [0.05, 0.1) is 7.11 Å². The van der Waals surface area contributed by atoms with Gasteiger partial charge < -0.3 is 15.0 Å². The van der Waals surface area contributed by atoms with E-state index in [4.69, 9.17) is 4.74 Å². The number of carbonyl (C=O) groups excluding carboxylic acids is 2. The zero-order chi connectivity index (χ0) is 21.6. The van der Waals surface area contributed by atoms with Gasteiger partial charge in [0, 0.05) is 12.2 Å². The first-order valence-corrected chi connectivity index (χ1v) is 10.2. The Kier molecular flexibility index (Phi) is 6.21. The molecule has 0 saturated carbocycles. The Morgan fingerprint density at radius 2 is 1.94 bits per heavy atom. The number of ether oxygens (including phenoxy) is 1. The number of likely N-dealkylation sites (tertiary alicyclic amines) is 1. The predicted molar refractivity (Wildman–Crippen MR) is 114 cm³/mol. The smallest absolute Gasteiger partial charge is 0.247 e. The summed E-state index contributed by atoms with van der Waals surface area (Å²) in [5.74, 6) is 0.413. The highest BCUT2D eigenvalue weighted by Crippen LogP contribution is 2.27. The summed E-state index contributed by atoms with van der Waals surface area (Å²) < 4.78 is 6.67. The van der Waals surface area contributed by atoms with E-state index >= 15 is 0 Å². The number of piperidine rings is 1. The normalized spacial score (nSPS) is 16.0. The first kappa shape index (κ1) is 20.5. The lowest BCUT2D eigenvalue weighted by Gasteiger charge is -2.34. The molecule has 1 saturated heterocycles. The Hall–Kier alpha value is -3.75. The van der Waals surface area contributed by atoms with Gasteiger partial charge in [0.25, 0.3) is 0 Å². The van der Waals surface area contributed by atoms with Crippen LogP contribution in [0.25, 0.3) is 11.1 Å². The number of anilines is 1. The molecule has 160 valence electrons. The van der Waals surface area contributed by atoms with E-state index in [-0.39, 0.29) is 18.4 Å². The number of hydrogen-bond acceptors (Lipinski definition) is 6. The fraction of sp³-hybridized carbons (Fsp3) is 0.318. The van der Waals surface area contributed by atoms with Gasteiger partial charge in [-0.15, -0.1) is 5.10 Å². The van der Waals surface area contributed by atoms with Crippen LogP contribution in [-0.4, -0.2) is 56.6 Å². The van der Waals surface area contributed by atoms with Crippen LogP contribution in [0.3, 0.4) is 0 Å². The minimum atomic E-state index is -0.516. The quantitative estimate of drug-likeness (QED) is 0.657. The lowest BCUT2D eigenvalue weighted by Crippen LogP contribution is -2.51. The van der Waals surface area contributed by atoms with Crippen molar-refractivity contribution in [3.8, 4) is 16.9 Å². The SMILES string of the molecule is COc1cccc(-c2cccc(NC(=O)[C@@H]3CCCCN3C(=O)Cn3cnnn3)c2)c1. The van der Waals surface area contributed by atoms with E-state index in [0.717, 1.165) is 29.7 Å². The summed E-state index contributed by atoms with van der Waals surface area (Å²) >= 11 is 0. The van der Waals surface area contributed by atoms with Crippen LogP contribution in [0.2, 0.25) is 0 Å². The Labute approximate surface area is 180 Å². The van der Waals surface area contributed by atoms with Gasteiger partial charge in [-0.25, -0.2) is 4.68 Å².